The first kappa shape index (κ1) is 12.1. The fourth-order valence-corrected chi connectivity index (χ4v) is 2.95. The molecular weight excluding hydrogens is 264 g/mol. The zero-order valence-corrected chi connectivity index (χ0v) is 11.2. The Morgan fingerprint density at radius 3 is 3.06 bits per heavy atom. The van der Waals surface area contributed by atoms with Crippen LogP contribution in [0.5, 0.6) is 0 Å². The Morgan fingerprint density at radius 2 is 2.31 bits per heavy atom. The number of halogens is 1. The molecule has 1 unspecified atom stereocenters. The van der Waals surface area contributed by atoms with E-state index >= 15 is 0 Å². The average molecular weight is 283 g/mol. The molecule has 0 N–H and O–H groups in total. The number of pyridine rings is 1. The molecule has 2 nitrogen and oxygen atoms in total. The van der Waals surface area contributed by atoms with E-state index in [4.69, 9.17) is 0 Å². The Morgan fingerprint density at radius 1 is 1.38 bits per heavy atom. The molecule has 0 spiro atoms. The molecular formula is C13H19BrN2. The molecule has 0 radical (unpaired) electrons. The highest BCUT2D eigenvalue weighted by Gasteiger charge is 2.21. The van der Waals surface area contributed by atoms with E-state index in [0.717, 1.165) is 17.9 Å². The van der Waals surface area contributed by atoms with Crippen LogP contribution in [0.4, 0.5) is 0 Å². The molecule has 1 aliphatic heterocycles. The normalized spacial score (nSPS) is 22.2. The van der Waals surface area contributed by atoms with Crippen molar-refractivity contribution in [3.05, 3.63) is 30.1 Å². The number of hydrogen-bond acceptors (Lipinski definition) is 2. The maximum Gasteiger partial charge on any atom is 0.0544 e. The van der Waals surface area contributed by atoms with Gasteiger partial charge in [0.1, 0.15) is 0 Å². The van der Waals surface area contributed by atoms with Gasteiger partial charge in [-0.15, -0.1) is 0 Å². The number of alkyl halides is 1. The lowest BCUT2D eigenvalue weighted by atomic mass is 10.00. The second-order valence-electron chi connectivity index (χ2n) is 4.42. The van der Waals surface area contributed by atoms with E-state index in [1.807, 2.05) is 12.3 Å². The molecule has 0 saturated carbocycles. The Bertz CT molecular complexity index is 300. The molecule has 1 saturated heterocycles. The number of rotatable bonds is 4. The summed E-state index contributed by atoms with van der Waals surface area (Å²) in [5, 5.41) is 1.11. The van der Waals surface area contributed by atoms with E-state index in [2.05, 4.69) is 37.9 Å². The summed E-state index contributed by atoms with van der Waals surface area (Å²) in [5.41, 5.74) is 1.20. The van der Waals surface area contributed by atoms with Crippen LogP contribution in [0.25, 0.3) is 0 Å². The van der Waals surface area contributed by atoms with Gasteiger partial charge in [-0.2, -0.15) is 0 Å². The number of hydrogen-bond donors (Lipinski definition) is 0. The highest BCUT2D eigenvalue weighted by atomic mass is 79.9. The van der Waals surface area contributed by atoms with Crippen molar-refractivity contribution < 1.29 is 0 Å². The third kappa shape index (κ3) is 3.29. The van der Waals surface area contributed by atoms with Gasteiger partial charge in [-0.3, -0.25) is 9.88 Å². The first-order valence-electron chi connectivity index (χ1n) is 6.10. The first-order valence-corrected chi connectivity index (χ1v) is 7.22. The molecule has 1 aliphatic rings. The second-order valence-corrected chi connectivity index (χ2v) is 5.21. The van der Waals surface area contributed by atoms with Crippen LogP contribution in [-0.4, -0.2) is 27.8 Å². The Labute approximate surface area is 106 Å². The van der Waals surface area contributed by atoms with E-state index < -0.39 is 0 Å². The summed E-state index contributed by atoms with van der Waals surface area (Å²) in [4.78, 5) is 7.00. The van der Waals surface area contributed by atoms with Crippen molar-refractivity contribution in [1.82, 2.24) is 9.88 Å². The minimum atomic E-state index is 0.745. The van der Waals surface area contributed by atoms with E-state index in [1.54, 1.807) is 0 Å². The van der Waals surface area contributed by atoms with Gasteiger partial charge < -0.3 is 0 Å². The van der Waals surface area contributed by atoms with Gasteiger partial charge in [-0.1, -0.05) is 28.4 Å². The van der Waals surface area contributed by atoms with Crippen LogP contribution in [0, 0.1) is 0 Å². The molecule has 1 fully saturated rings. The van der Waals surface area contributed by atoms with Crippen LogP contribution in [0.1, 0.15) is 31.4 Å². The Kier molecular flexibility index (Phi) is 4.79. The first-order chi connectivity index (χ1) is 7.90. The quantitative estimate of drug-likeness (QED) is 0.789. The highest BCUT2D eigenvalue weighted by Crippen LogP contribution is 2.21. The van der Waals surface area contributed by atoms with Gasteiger partial charge in [0, 0.05) is 24.1 Å². The third-order valence-electron chi connectivity index (χ3n) is 3.28. The molecule has 1 aromatic rings. The molecule has 88 valence electrons. The van der Waals surface area contributed by atoms with Gasteiger partial charge in [-0.25, -0.2) is 0 Å². The summed E-state index contributed by atoms with van der Waals surface area (Å²) in [6.07, 6.45) is 7.21. The van der Waals surface area contributed by atoms with Gasteiger partial charge >= 0.3 is 0 Å². The fraction of sp³-hybridized carbons (Fsp3) is 0.615. The highest BCUT2D eigenvalue weighted by molar-refractivity contribution is 9.09. The minimum Gasteiger partial charge on any atom is -0.295 e. The number of piperidine rings is 1. The molecule has 0 aromatic carbocycles. The molecule has 1 aromatic heterocycles. The standard InChI is InChI=1S/C13H19BrN2/c14-8-7-13-6-2-4-10-16(13)11-12-5-1-3-9-15-12/h1,3,5,9,13H,2,4,6-8,10-11H2. The number of likely N-dealkylation sites (tertiary alicyclic amines) is 1. The van der Waals surface area contributed by atoms with E-state index in [-0.39, 0.29) is 0 Å². The van der Waals surface area contributed by atoms with E-state index in [0.29, 0.717) is 0 Å². The van der Waals surface area contributed by atoms with Crippen molar-refractivity contribution >= 4 is 15.9 Å². The predicted octanol–water partition coefficient (Wildman–Crippen LogP) is 3.22. The van der Waals surface area contributed by atoms with Gasteiger partial charge in [0.05, 0.1) is 5.69 Å². The molecule has 0 aliphatic carbocycles. The van der Waals surface area contributed by atoms with E-state index in [1.165, 1.54) is 37.9 Å². The summed E-state index contributed by atoms with van der Waals surface area (Å²) in [7, 11) is 0. The monoisotopic (exact) mass is 282 g/mol. The smallest absolute Gasteiger partial charge is 0.0544 e. The number of nitrogens with zero attached hydrogens (tertiary/aromatic N) is 2. The SMILES string of the molecule is BrCCC1CCCCN1Cc1ccccn1. The maximum absolute atomic E-state index is 4.41. The van der Waals surface area contributed by atoms with Crippen molar-refractivity contribution in [2.75, 3.05) is 11.9 Å². The summed E-state index contributed by atoms with van der Waals surface area (Å²) in [6.45, 7) is 2.24. The third-order valence-corrected chi connectivity index (χ3v) is 3.74. The van der Waals surface area contributed by atoms with Crippen LogP contribution < -0.4 is 0 Å². The minimum absolute atomic E-state index is 0.745. The Balaban J connectivity index is 1.96. The van der Waals surface area contributed by atoms with Crippen molar-refractivity contribution in [3.63, 3.8) is 0 Å². The largest absolute Gasteiger partial charge is 0.295 e. The summed E-state index contributed by atoms with van der Waals surface area (Å²) in [5.74, 6) is 0. The summed E-state index contributed by atoms with van der Waals surface area (Å²) < 4.78 is 0. The average Bonchev–Trinajstić information content (AvgIpc) is 2.33. The fourth-order valence-electron chi connectivity index (χ4n) is 2.42. The predicted molar refractivity (Wildman–Crippen MR) is 70.7 cm³/mol. The van der Waals surface area contributed by atoms with Crippen LogP contribution in [0.2, 0.25) is 0 Å². The maximum atomic E-state index is 4.41. The van der Waals surface area contributed by atoms with Crippen LogP contribution in [0.3, 0.4) is 0 Å². The molecule has 3 heteroatoms. The topological polar surface area (TPSA) is 16.1 Å². The summed E-state index contributed by atoms with van der Waals surface area (Å²) >= 11 is 3.56. The lowest BCUT2D eigenvalue weighted by molar-refractivity contribution is 0.135. The lowest BCUT2D eigenvalue weighted by Crippen LogP contribution is -2.39. The molecule has 2 heterocycles. The van der Waals surface area contributed by atoms with Gasteiger partial charge in [0.15, 0.2) is 0 Å². The van der Waals surface area contributed by atoms with Crippen LogP contribution in [-0.2, 0) is 6.54 Å². The van der Waals surface area contributed by atoms with Gasteiger partial charge in [0.2, 0.25) is 0 Å². The van der Waals surface area contributed by atoms with Gasteiger partial charge in [-0.05, 0) is 37.9 Å². The zero-order chi connectivity index (χ0) is 11.2. The van der Waals surface area contributed by atoms with Crippen molar-refractivity contribution in [2.24, 2.45) is 0 Å². The molecule has 1 atom stereocenters. The van der Waals surface area contributed by atoms with E-state index in [9.17, 15) is 0 Å². The lowest BCUT2D eigenvalue weighted by Gasteiger charge is -2.35. The van der Waals surface area contributed by atoms with Crippen LogP contribution >= 0.6 is 15.9 Å². The van der Waals surface area contributed by atoms with Gasteiger partial charge in [0.25, 0.3) is 0 Å². The summed E-state index contributed by atoms with van der Waals surface area (Å²) in [6, 6.07) is 6.93. The van der Waals surface area contributed by atoms with Crippen molar-refractivity contribution in [1.29, 1.82) is 0 Å². The zero-order valence-electron chi connectivity index (χ0n) is 9.61. The molecule has 2 rings (SSSR count). The van der Waals surface area contributed by atoms with Crippen LogP contribution in [0.15, 0.2) is 24.4 Å². The van der Waals surface area contributed by atoms with Crippen molar-refractivity contribution in [3.8, 4) is 0 Å². The molecule has 0 amide bonds. The Hall–Kier alpha value is -0.410. The molecule has 16 heavy (non-hydrogen) atoms. The van der Waals surface area contributed by atoms with Crippen molar-refractivity contribution in [2.45, 2.75) is 38.3 Å². The molecule has 0 bridgehead atoms. The second kappa shape index (κ2) is 6.36. The number of aromatic nitrogens is 1.